The van der Waals surface area contributed by atoms with E-state index in [-0.39, 0.29) is 28.5 Å². The maximum absolute atomic E-state index is 16.6. The van der Waals surface area contributed by atoms with Gasteiger partial charge in [-0.1, -0.05) is 138 Å². The Morgan fingerprint density at radius 2 is 0.986 bits per heavy atom. The fraction of sp³-hybridized carbons (Fsp3) is 0.266. The van der Waals surface area contributed by atoms with Crippen LogP contribution in [0.3, 0.4) is 0 Å². The fourth-order valence-electron chi connectivity index (χ4n) is 10.0. The highest BCUT2D eigenvalue weighted by Gasteiger charge is 2.37. The Morgan fingerprint density at radius 1 is 0.446 bits per heavy atom. The van der Waals surface area contributed by atoms with E-state index in [1.165, 1.54) is 0 Å². The van der Waals surface area contributed by atoms with Crippen LogP contribution in [0.2, 0.25) is 0 Å². The third-order valence-electron chi connectivity index (χ3n) is 14.3. The molecule has 378 valence electrons. The third kappa shape index (κ3) is 8.86. The van der Waals surface area contributed by atoms with Crippen molar-refractivity contribution >= 4 is 44.6 Å². The number of nitrogens with zero attached hydrogens (tertiary/aromatic N) is 4. The van der Waals surface area contributed by atoms with Crippen LogP contribution in [0, 0.1) is 29.1 Å². The van der Waals surface area contributed by atoms with E-state index in [1.807, 2.05) is 111 Å². The average molecular weight is 997 g/mol. The monoisotopic (exact) mass is 996 g/mol. The summed E-state index contributed by atoms with van der Waals surface area (Å²) >= 11 is 0. The Balaban J connectivity index is 1.14. The molecule has 10 rings (SSSR count). The molecule has 0 spiro atoms. The quantitative estimate of drug-likeness (QED) is 0.0905. The number of rotatable bonds is 7. The summed E-state index contributed by atoms with van der Waals surface area (Å²) in [7, 11) is 0. The molecule has 1 aliphatic rings. The smallest absolute Gasteiger partial charge is 0.200 e. The summed E-state index contributed by atoms with van der Waals surface area (Å²) in [6, 6.07) is 43.8. The molecule has 7 aromatic carbocycles. The minimum Gasteiger partial charge on any atom is -0.457 e. The first-order valence-electron chi connectivity index (χ1n) is 25.1. The molecule has 0 unspecified atom stereocenters. The lowest BCUT2D eigenvalue weighted by Crippen LogP contribution is -2.26. The number of hydrogen-bond donors (Lipinski definition) is 0. The molecule has 0 radical (unpaired) electrons. The van der Waals surface area contributed by atoms with E-state index < -0.39 is 40.1 Å². The van der Waals surface area contributed by atoms with E-state index in [1.54, 1.807) is 6.07 Å². The molecular formula is C64H61F5N4O. The lowest BCUT2D eigenvalue weighted by atomic mass is 9.77. The highest BCUT2D eigenvalue weighted by Crippen LogP contribution is 2.53. The molecule has 0 aliphatic carbocycles. The Bertz CT molecular complexity index is 3640. The molecule has 74 heavy (non-hydrogen) atoms. The summed E-state index contributed by atoms with van der Waals surface area (Å²) < 4.78 is 88.0. The van der Waals surface area contributed by atoms with Crippen molar-refractivity contribution in [1.29, 1.82) is 0 Å². The SMILES string of the molecule is CC(C)(C)c1cc(-c2cc(C(C)(C)C)cc(-c3c(F)c(F)c(F)c(F)c3F)c2N2CN(c3cccc(Oc4ccc5c6ccccc6n(-c6cc(C(C)(C)C)ccn6)c5c4)c3)c3ccccc32)cc(C(C)(C)C)c1. The van der Waals surface area contributed by atoms with Gasteiger partial charge in [-0.2, -0.15) is 0 Å². The predicted octanol–water partition coefficient (Wildman–Crippen LogP) is 18.4. The van der Waals surface area contributed by atoms with Crippen molar-refractivity contribution in [1.82, 2.24) is 9.55 Å². The molecule has 0 N–H and O–H groups in total. The van der Waals surface area contributed by atoms with Gasteiger partial charge in [-0.3, -0.25) is 4.57 Å². The van der Waals surface area contributed by atoms with E-state index in [0.717, 1.165) is 61.3 Å². The molecule has 9 aromatic rings. The van der Waals surface area contributed by atoms with Crippen LogP contribution in [0.1, 0.15) is 105 Å². The predicted molar refractivity (Wildman–Crippen MR) is 293 cm³/mol. The second-order valence-electron chi connectivity index (χ2n) is 23.7. The van der Waals surface area contributed by atoms with E-state index in [4.69, 9.17) is 9.72 Å². The van der Waals surface area contributed by atoms with Gasteiger partial charge in [0.2, 0.25) is 5.82 Å². The lowest BCUT2D eigenvalue weighted by molar-refractivity contribution is 0.381. The summed E-state index contributed by atoms with van der Waals surface area (Å²) in [5.41, 5.74) is 7.14. The van der Waals surface area contributed by atoms with Crippen LogP contribution < -0.4 is 14.5 Å². The first kappa shape index (κ1) is 50.1. The normalized spacial score (nSPS) is 13.4. The molecule has 3 heterocycles. The minimum atomic E-state index is -2.21. The van der Waals surface area contributed by atoms with E-state index >= 15 is 17.6 Å². The van der Waals surface area contributed by atoms with Gasteiger partial charge in [0, 0.05) is 45.9 Å². The van der Waals surface area contributed by atoms with Crippen LogP contribution in [0.5, 0.6) is 11.5 Å². The fourth-order valence-corrected chi connectivity index (χ4v) is 10.0. The summed E-state index contributed by atoms with van der Waals surface area (Å²) in [5.74, 6) is -8.07. The first-order valence-corrected chi connectivity index (χ1v) is 25.1. The van der Waals surface area contributed by atoms with Gasteiger partial charge in [0.05, 0.1) is 33.7 Å². The molecule has 0 amide bonds. The number of ether oxygens (including phenoxy) is 1. The summed E-state index contributed by atoms with van der Waals surface area (Å²) in [6.45, 7) is 25.3. The van der Waals surface area contributed by atoms with Crippen LogP contribution in [0.15, 0.2) is 140 Å². The van der Waals surface area contributed by atoms with Gasteiger partial charge in [0.1, 0.15) is 24.0 Å². The summed E-state index contributed by atoms with van der Waals surface area (Å²) in [6.07, 6.45) is 1.86. The Labute approximate surface area is 430 Å². The Morgan fingerprint density at radius 3 is 1.62 bits per heavy atom. The number of halogens is 5. The number of pyridine rings is 1. The van der Waals surface area contributed by atoms with Gasteiger partial charge < -0.3 is 14.5 Å². The van der Waals surface area contributed by atoms with Crippen molar-refractivity contribution < 1.29 is 26.7 Å². The van der Waals surface area contributed by atoms with Crippen LogP contribution in [0.25, 0.3) is 49.9 Å². The summed E-state index contributed by atoms with van der Waals surface area (Å²) in [4.78, 5) is 8.83. The zero-order chi connectivity index (χ0) is 53.0. The van der Waals surface area contributed by atoms with E-state index in [0.29, 0.717) is 34.0 Å². The molecule has 5 nitrogen and oxygen atoms in total. The molecule has 0 fully saturated rings. The number of hydrogen-bond acceptors (Lipinski definition) is 4. The topological polar surface area (TPSA) is 33.5 Å². The van der Waals surface area contributed by atoms with Crippen LogP contribution in [-0.4, -0.2) is 16.2 Å². The van der Waals surface area contributed by atoms with Crippen molar-refractivity contribution in [2.24, 2.45) is 0 Å². The van der Waals surface area contributed by atoms with Gasteiger partial charge in [-0.05, 0) is 116 Å². The van der Waals surface area contributed by atoms with Crippen LogP contribution >= 0.6 is 0 Å². The molecule has 1 aliphatic heterocycles. The highest BCUT2D eigenvalue weighted by molar-refractivity contribution is 6.09. The average Bonchev–Trinajstić information content (AvgIpc) is 3.90. The van der Waals surface area contributed by atoms with Gasteiger partial charge in [-0.25, -0.2) is 26.9 Å². The molecule has 0 atom stereocenters. The van der Waals surface area contributed by atoms with E-state index in [9.17, 15) is 4.39 Å². The molecule has 0 bridgehead atoms. The number of benzene rings is 7. The highest BCUT2D eigenvalue weighted by atomic mass is 19.2. The van der Waals surface area contributed by atoms with Gasteiger partial charge in [-0.15, -0.1) is 0 Å². The number of para-hydroxylation sites is 3. The van der Waals surface area contributed by atoms with Crippen molar-refractivity contribution in [3.8, 4) is 39.6 Å². The molecule has 0 saturated carbocycles. The lowest BCUT2D eigenvalue weighted by Gasteiger charge is -2.32. The first-order chi connectivity index (χ1) is 34.8. The third-order valence-corrected chi connectivity index (χ3v) is 14.3. The number of anilines is 4. The summed E-state index contributed by atoms with van der Waals surface area (Å²) in [5, 5.41) is 2.14. The van der Waals surface area contributed by atoms with Crippen LogP contribution in [-0.2, 0) is 21.7 Å². The Hall–Kier alpha value is -7.46. The Kier molecular flexibility index (Phi) is 12.1. The molecule has 0 saturated heterocycles. The zero-order valence-electron chi connectivity index (χ0n) is 44.1. The largest absolute Gasteiger partial charge is 0.457 e. The second kappa shape index (κ2) is 17.9. The maximum atomic E-state index is 16.6. The van der Waals surface area contributed by atoms with Gasteiger partial charge >= 0.3 is 0 Å². The van der Waals surface area contributed by atoms with Crippen molar-refractivity contribution in [2.75, 3.05) is 16.5 Å². The molecule has 2 aromatic heterocycles. The standard InChI is InChI=1S/C64H61F5N4O/c1-61(2,3)38-26-27-70-53(33-38)73-49-21-14-13-20-45(49)46-25-24-44(35-52(46)73)74-43-19-17-18-42(34-43)71-36-72(51-23-16-15-22-50(51)71)60-47(37-28-39(62(4,5)6)30-40(29-37)63(7,8)9)31-41(64(10,11)12)32-48(60)54-55(65)57(67)59(69)58(68)56(54)66/h13-35H,36H2,1-12H3. The van der Waals surface area contributed by atoms with Crippen molar-refractivity contribution in [2.45, 2.75) is 105 Å². The van der Waals surface area contributed by atoms with Crippen LogP contribution in [0.4, 0.5) is 44.7 Å². The maximum Gasteiger partial charge on any atom is 0.200 e. The zero-order valence-corrected chi connectivity index (χ0v) is 44.1. The number of aromatic nitrogens is 2. The van der Waals surface area contributed by atoms with Gasteiger partial charge in [0.15, 0.2) is 23.3 Å². The van der Waals surface area contributed by atoms with Crippen molar-refractivity contribution in [3.05, 3.63) is 191 Å². The van der Waals surface area contributed by atoms with Crippen molar-refractivity contribution in [3.63, 3.8) is 0 Å². The number of fused-ring (bicyclic) bond motifs is 4. The van der Waals surface area contributed by atoms with Gasteiger partial charge in [0.25, 0.3) is 0 Å². The minimum absolute atomic E-state index is 0.0877. The molecule has 10 heteroatoms. The second-order valence-corrected chi connectivity index (χ2v) is 23.7. The van der Waals surface area contributed by atoms with E-state index in [2.05, 4.69) is 120 Å². The molecular weight excluding hydrogens is 936 g/mol.